The summed E-state index contributed by atoms with van der Waals surface area (Å²) in [6.45, 7) is 9.70. The topological polar surface area (TPSA) is 26.0 Å². The van der Waals surface area contributed by atoms with Crippen LogP contribution in [0.5, 0.6) is 0 Å². The van der Waals surface area contributed by atoms with Crippen LogP contribution >= 0.6 is 0 Å². The fourth-order valence-electron chi connectivity index (χ4n) is 2.12. The molecule has 0 aliphatic heterocycles. The van der Waals surface area contributed by atoms with Crippen LogP contribution in [0.3, 0.4) is 0 Å². The van der Waals surface area contributed by atoms with E-state index in [2.05, 4.69) is 52.0 Å². The molecule has 0 amide bonds. The molecule has 1 heteroatoms. The molecule has 1 aromatic carbocycles. The van der Waals surface area contributed by atoms with E-state index in [-0.39, 0.29) is 5.41 Å². The number of rotatable bonds is 6. The van der Waals surface area contributed by atoms with Gasteiger partial charge < -0.3 is 5.73 Å². The summed E-state index contributed by atoms with van der Waals surface area (Å²) in [7, 11) is 0. The van der Waals surface area contributed by atoms with Crippen molar-refractivity contribution in [2.24, 2.45) is 11.7 Å². The van der Waals surface area contributed by atoms with Crippen LogP contribution in [0, 0.1) is 5.92 Å². The van der Waals surface area contributed by atoms with Crippen molar-refractivity contribution in [3.63, 3.8) is 0 Å². The first-order valence-electron chi connectivity index (χ1n) is 6.84. The van der Waals surface area contributed by atoms with E-state index in [1.807, 2.05) is 0 Å². The van der Waals surface area contributed by atoms with E-state index < -0.39 is 0 Å². The molecule has 0 aliphatic carbocycles. The van der Waals surface area contributed by atoms with Crippen molar-refractivity contribution in [2.75, 3.05) is 6.54 Å². The molecule has 1 aromatic rings. The third kappa shape index (κ3) is 3.32. The second kappa shape index (κ2) is 6.20. The van der Waals surface area contributed by atoms with E-state index in [9.17, 15) is 0 Å². The van der Waals surface area contributed by atoms with Crippen LogP contribution in [0.4, 0.5) is 0 Å². The molecule has 0 aliphatic rings. The standard InChI is InChI=1S/C16H27N/c1-5-6-7-14-8-10-15(11-9-14)16(4,12-17)13(2)3/h8-11,13H,5-7,12,17H2,1-4H3. The van der Waals surface area contributed by atoms with E-state index >= 15 is 0 Å². The quantitative estimate of drug-likeness (QED) is 0.792. The highest BCUT2D eigenvalue weighted by Gasteiger charge is 2.28. The number of unbranched alkanes of at least 4 members (excludes halogenated alkanes) is 1. The maximum atomic E-state index is 5.96. The summed E-state index contributed by atoms with van der Waals surface area (Å²) in [5, 5.41) is 0. The van der Waals surface area contributed by atoms with Gasteiger partial charge in [-0.1, -0.05) is 58.4 Å². The molecule has 1 atom stereocenters. The van der Waals surface area contributed by atoms with Gasteiger partial charge in [-0.2, -0.15) is 0 Å². The van der Waals surface area contributed by atoms with Gasteiger partial charge in [-0.05, 0) is 29.9 Å². The van der Waals surface area contributed by atoms with Gasteiger partial charge in [0.1, 0.15) is 0 Å². The largest absolute Gasteiger partial charge is 0.330 e. The molecule has 17 heavy (non-hydrogen) atoms. The minimum atomic E-state index is 0.100. The first-order valence-corrected chi connectivity index (χ1v) is 6.84. The van der Waals surface area contributed by atoms with Crippen LogP contribution in [-0.4, -0.2) is 6.54 Å². The number of benzene rings is 1. The zero-order valence-electron chi connectivity index (χ0n) is 11.8. The zero-order chi connectivity index (χ0) is 12.9. The lowest BCUT2D eigenvalue weighted by molar-refractivity contribution is 0.347. The van der Waals surface area contributed by atoms with Crippen molar-refractivity contribution in [2.45, 2.75) is 52.4 Å². The monoisotopic (exact) mass is 233 g/mol. The highest BCUT2D eigenvalue weighted by Crippen LogP contribution is 2.31. The maximum absolute atomic E-state index is 5.96. The second-order valence-corrected chi connectivity index (χ2v) is 5.58. The lowest BCUT2D eigenvalue weighted by Gasteiger charge is -2.33. The third-order valence-corrected chi connectivity index (χ3v) is 4.13. The summed E-state index contributed by atoms with van der Waals surface area (Å²) >= 11 is 0. The first-order chi connectivity index (χ1) is 8.04. The Kier molecular flexibility index (Phi) is 5.20. The minimum Gasteiger partial charge on any atom is -0.330 e. The lowest BCUT2D eigenvalue weighted by atomic mass is 9.73. The molecule has 1 rings (SSSR count). The fraction of sp³-hybridized carbons (Fsp3) is 0.625. The van der Waals surface area contributed by atoms with Gasteiger partial charge in [0.2, 0.25) is 0 Å². The Bertz CT molecular complexity index is 326. The van der Waals surface area contributed by atoms with E-state index in [0.29, 0.717) is 12.5 Å². The summed E-state index contributed by atoms with van der Waals surface area (Å²) in [5.74, 6) is 0.564. The molecule has 1 unspecified atom stereocenters. The average Bonchev–Trinajstić information content (AvgIpc) is 2.35. The average molecular weight is 233 g/mol. The Hall–Kier alpha value is -0.820. The summed E-state index contributed by atoms with van der Waals surface area (Å²) in [5.41, 5.74) is 8.87. The predicted molar refractivity (Wildman–Crippen MR) is 76.3 cm³/mol. The van der Waals surface area contributed by atoms with Crippen LogP contribution in [0.15, 0.2) is 24.3 Å². The Morgan fingerprint density at radius 3 is 2.18 bits per heavy atom. The summed E-state index contributed by atoms with van der Waals surface area (Å²) < 4.78 is 0. The first kappa shape index (κ1) is 14.2. The third-order valence-electron chi connectivity index (χ3n) is 4.13. The zero-order valence-corrected chi connectivity index (χ0v) is 11.8. The normalized spacial score (nSPS) is 14.9. The highest BCUT2D eigenvalue weighted by atomic mass is 14.6. The molecule has 0 saturated heterocycles. The van der Waals surface area contributed by atoms with Crippen LogP contribution in [0.2, 0.25) is 0 Å². The van der Waals surface area contributed by atoms with Crippen molar-refractivity contribution in [1.82, 2.24) is 0 Å². The molecule has 0 radical (unpaired) electrons. The molecule has 0 aromatic heterocycles. The van der Waals surface area contributed by atoms with Gasteiger partial charge in [-0.15, -0.1) is 0 Å². The van der Waals surface area contributed by atoms with Gasteiger partial charge in [0.05, 0.1) is 0 Å². The molecule has 1 nitrogen and oxygen atoms in total. The number of nitrogens with two attached hydrogens (primary N) is 1. The molecular formula is C16H27N. The van der Waals surface area contributed by atoms with Crippen molar-refractivity contribution in [3.05, 3.63) is 35.4 Å². The number of aryl methyl sites for hydroxylation is 1. The van der Waals surface area contributed by atoms with E-state index in [1.165, 1.54) is 30.4 Å². The van der Waals surface area contributed by atoms with Gasteiger partial charge in [-0.3, -0.25) is 0 Å². The van der Waals surface area contributed by atoms with Gasteiger partial charge in [0.15, 0.2) is 0 Å². The van der Waals surface area contributed by atoms with E-state index in [4.69, 9.17) is 5.73 Å². The smallest absolute Gasteiger partial charge is 0.00702 e. The van der Waals surface area contributed by atoms with Crippen molar-refractivity contribution in [1.29, 1.82) is 0 Å². The summed E-state index contributed by atoms with van der Waals surface area (Å²) in [4.78, 5) is 0. The van der Waals surface area contributed by atoms with Gasteiger partial charge in [0.25, 0.3) is 0 Å². The molecule has 2 N–H and O–H groups in total. The molecule has 0 heterocycles. The van der Waals surface area contributed by atoms with E-state index in [1.54, 1.807) is 0 Å². The van der Waals surface area contributed by atoms with Gasteiger partial charge in [-0.25, -0.2) is 0 Å². The fourth-order valence-corrected chi connectivity index (χ4v) is 2.12. The Balaban J connectivity index is 2.85. The van der Waals surface area contributed by atoms with Crippen molar-refractivity contribution in [3.8, 4) is 0 Å². The molecule has 96 valence electrons. The van der Waals surface area contributed by atoms with E-state index in [0.717, 1.165) is 0 Å². The number of hydrogen-bond acceptors (Lipinski definition) is 1. The molecule has 0 saturated carbocycles. The highest BCUT2D eigenvalue weighted by molar-refractivity contribution is 5.29. The summed E-state index contributed by atoms with van der Waals surface area (Å²) in [6.07, 6.45) is 3.73. The molecular weight excluding hydrogens is 206 g/mol. The lowest BCUT2D eigenvalue weighted by Crippen LogP contribution is -2.37. The second-order valence-electron chi connectivity index (χ2n) is 5.58. The van der Waals surface area contributed by atoms with Crippen molar-refractivity contribution < 1.29 is 0 Å². The molecule has 0 bridgehead atoms. The molecule has 0 fully saturated rings. The van der Waals surface area contributed by atoms with Gasteiger partial charge in [0, 0.05) is 12.0 Å². The molecule has 0 spiro atoms. The summed E-state index contributed by atoms with van der Waals surface area (Å²) in [6, 6.07) is 9.05. The number of hydrogen-bond donors (Lipinski definition) is 1. The van der Waals surface area contributed by atoms with Crippen LogP contribution in [0.25, 0.3) is 0 Å². The minimum absolute atomic E-state index is 0.100. The Morgan fingerprint density at radius 1 is 1.18 bits per heavy atom. The predicted octanol–water partition coefficient (Wildman–Crippen LogP) is 3.90. The Morgan fingerprint density at radius 2 is 1.76 bits per heavy atom. The SMILES string of the molecule is CCCCc1ccc(C(C)(CN)C(C)C)cc1. The maximum Gasteiger partial charge on any atom is 0.00702 e. The Labute approximate surface area is 106 Å². The van der Waals surface area contributed by atoms with Gasteiger partial charge >= 0.3 is 0 Å². The van der Waals surface area contributed by atoms with Crippen molar-refractivity contribution >= 4 is 0 Å². The van der Waals surface area contributed by atoms with Crippen LogP contribution < -0.4 is 5.73 Å². The van der Waals surface area contributed by atoms with Crippen LogP contribution in [-0.2, 0) is 11.8 Å². The van der Waals surface area contributed by atoms with Crippen LogP contribution in [0.1, 0.15) is 51.7 Å².